The predicted molar refractivity (Wildman–Crippen MR) is 94.9 cm³/mol. The summed E-state index contributed by atoms with van der Waals surface area (Å²) in [4.78, 5) is 11.5. The minimum atomic E-state index is -0.941. The Bertz CT molecular complexity index is 827. The van der Waals surface area contributed by atoms with E-state index in [-0.39, 0.29) is 5.75 Å². The van der Waals surface area contributed by atoms with Crippen LogP contribution in [0.5, 0.6) is 11.5 Å². The number of carbonyl (C=O) groups is 1. The first-order valence-corrected chi connectivity index (χ1v) is 8.52. The molecule has 0 aliphatic rings. The molecule has 0 atom stereocenters. The quantitative estimate of drug-likeness (QED) is 0.670. The van der Waals surface area contributed by atoms with E-state index in [1.165, 1.54) is 11.8 Å². The summed E-state index contributed by atoms with van der Waals surface area (Å²) in [5.41, 5.74) is 2.40. The van der Waals surface area contributed by atoms with Gasteiger partial charge in [-0.25, -0.2) is 13.6 Å². The largest absolute Gasteiger partial charge is 0.477 e. The van der Waals surface area contributed by atoms with Crippen LogP contribution in [0.1, 0.15) is 25.0 Å². The summed E-state index contributed by atoms with van der Waals surface area (Å²) in [7, 11) is 0. The molecule has 0 aliphatic heterocycles. The van der Waals surface area contributed by atoms with Gasteiger partial charge >= 0.3 is 5.97 Å². The molecule has 0 amide bonds. The van der Waals surface area contributed by atoms with Gasteiger partial charge in [-0.05, 0) is 50.1 Å². The number of hydrogen-bond acceptors (Lipinski definition) is 3. The molecule has 0 aromatic heterocycles. The molecule has 0 aliphatic carbocycles. The summed E-state index contributed by atoms with van der Waals surface area (Å²) in [6.07, 6.45) is 0. The van der Waals surface area contributed by atoms with Crippen LogP contribution in [0, 0.1) is 18.6 Å². The molecule has 3 nitrogen and oxygen atoms in total. The number of aryl methyl sites for hydroxylation is 1. The van der Waals surface area contributed by atoms with Crippen LogP contribution in [-0.2, 0) is 10.5 Å². The van der Waals surface area contributed by atoms with Gasteiger partial charge in [-0.15, -0.1) is 11.8 Å². The number of carboxylic acids is 1. The summed E-state index contributed by atoms with van der Waals surface area (Å²) in [5.74, 6) is -1.44. The Morgan fingerprint density at radius 3 is 2.44 bits per heavy atom. The van der Waals surface area contributed by atoms with Crippen LogP contribution in [0.2, 0.25) is 0 Å². The maximum atomic E-state index is 13.7. The number of halogens is 2. The molecule has 0 bridgehead atoms. The highest BCUT2D eigenvalue weighted by Crippen LogP contribution is 2.30. The van der Waals surface area contributed by atoms with E-state index in [2.05, 4.69) is 0 Å². The van der Waals surface area contributed by atoms with Crippen LogP contribution in [0.3, 0.4) is 0 Å². The molecule has 0 heterocycles. The summed E-state index contributed by atoms with van der Waals surface area (Å²) < 4.78 is 32.3. The van der Waals surface area contributed by atoms with Gasteiger partial charge in [-0.2, -0.15) is 0 Å². The SMILES string of the molecule is CC(C)=C(SCc1ccc(Oc2cc(F)ccc2F)c(C)c1)C(=O)O. The molecule has 25 heavy (non-hydrogen) atoms. The fraction of sp³-hybridized carbons (Fsp3) is 0.211. The topological polar surface area (TPSA) is 46.5 Å². The van der Waals surface area contributed by atoms with Gasteiger partial charge in [0.05, 0.1) is 4.91 Å². The van der Waals surface area contributed by atoms with Crippen molar-refractivity contribution in [3.63, 3.8) is 0 Å². The van der Waals surface area contributed by atoms with Crippen LogP contribution in [0.25, 0.3) is 0 Å². The zero-order valence-corrected chi connectivity index (χ0v) is 14.9. The van der Waals surface area contributed by atoms with E-state index in [0.717, 1.165) is 34.9 Å². The Kier molecular flexibility index (Phi) is 6.20. The Morgan fingerprint density at radius 1 is 1.12 bits per heavy atom. The number of thioether (sulfide) groups is 1. The van der Waals surface area contributed by atoms with E-state index in [4.69, 9.17) is 9.84 Å². The van der Waals surface area contributed by atoms with E-state index in [9.17, 15) is 13.6 Å². The lowest BCUT2D eigenvalue weighted by Crippen LogP contribution is -1.99. The lowest BCUT2D eigenvalue weighted by atomic mass is 10.1. The lowest BCUT2D eigenvalue weighted by Gasteiger charge is -2.11. The lowest BCUT2D eigenvalue weighted by molar-refractivity contribution is -0.131. The molecule has 2 aromatic carbocycles. The Hall–Kier alpha value is -2.34. The van der Waals surface area contributed by atoms with Gasteiger partial charge in [0, 0.05) is 11.8 Å². The van der Waals surface area contributed by atoms with E-state index in [0.29, 0.717) is 16.4 Å². The van der Waals surface area contributed by atoms with Crippen LogP contribution in [0.15, 0.2) is 46.9 Å². The molecule has 132 valence electrons. The number of rotatable bonds is 6. The molecular formula is C19H18F2O3S. The standard InChI is InChI=1S/C19H18F2O3S/c1-11(2)18(19(22)23)25-10-13-4-7-16(12(3)8-13)24-17-9-14(20)5-6-15(17)21/h4-9H,10H2,1-3H3,(H,22,23). The predicted octanol–water partition coefficient (Wildman–Crippen LogP) is 5.68. The van der Waals surface area contributed by atoms with Crippen LogP contribution in [-0.4, -0.2) is 11.1 Å². The summed E-state index contributed by atoms with van der Waals surface area (Å²) >= 11 is 1.24. The van der Waals surface area contributed by atoms with Crippen molar-refractivity contribution in [2.75, 3.05) is 0 Å². The zero-order valence-electron chi connectivity index (χ0n) is 14.1. The highest BCUT2D eigenvalue weighted by molar-refractivity contribution is 8.03. The van der Waals surface area contributed by atoms with E-state index >= 15 is 0 Å². The van der Waals surface area contributed by atoms with Crippen LogP contribution in [0.4, 0.5) is 8.78 Å². The highest BCUT2D eigenvalue weighted by Gasteiger charge is 2.12. The van der Waals surface area contributed by atoms with Crippen molar-refractivity contribution in [1.29, 1.82) is 0 Å². The summed E-state index contributed by atoms with van der Waals surface area (Å²) in [6, 6.07) is 8.31. The average Bonchev–Trinajstić information content (AvgIpc) is 2.52. The van der Waals surface area contributed by atoms with Crippen molar-refractivity contribution in [2.24, 2.45) is 0 Å². The Balaban J connectivity index is 2.14. The fourth-order valence-corrected chi connectivity index (χ4v) is 3.07. The van der Waals surface area contributed by atoms with Crippen LogP contribution < -0.4 is 4.74 Å². The zero-order chi connectivity index (χ0) is 18.6. The molecule has 0 saturated carbocycles. The number of aliphatic carboxylic acids is 1. The van der Waals surface area contributed by atoms with E-state index in [1.54, 1.807) is 32.9 Å². The van der Waals surface area contributed by atoms with Crippen molar-refractivity contribution < 1.29 is 23.4 Å². The van der Waals surface area contributed by atoms with E-state index in [1.807, 2.05) is 6.07 Å². The van der Waals surface area contributed by atoms with Crippen molar-refractivity contribution >= 4 is 17.7 Å². The normalized spacial score (nSPS) is 10.4. The monoisotopic (exact) mass is 364 g/mol. The van der Waals surface area contributed by atoms with Crippen molar-refractivity contribution in [3.8, 4) is 11.5 Å². The molecule has 0 radical (unpaired) electrons. The molecular weight excluding hydrogens is 346 g/mol. The van der Waals surface area contributed by atoms with Gasteiger partial charge in [-0.1, -0.05) is 17.7 Å². The Morgan fingerprint density at radius 2 is 1.84 bits per heavy atom. The third kappa shape index (κ3) is 5.06. The third-order valence-corrected chi connectivity index (χ3v) is 4.73. The molecule has 1 N–H and O–H groups in total. The molecule has 0 fully saturated rings. The number of allylic oxidation sites excluding steroid dienone is 1. The third-order valence-electron chi connectivity index (χ3n) is 3.38. The second-order valence-corrected chi connectivity index (χ2v) is 6.69. The van der Waals surface area contributed by atoms with Crippen molar-refractivity contribution in [1.82, 2.24) is 0 Å². The first-order chi connectivity index (χ1) is 11.8. The van der Waals surface area contributed by atoms with Gasteiger partial charge < -0.3 is 9.84 Å². The number of ether oxygens (including phenoxy) is 1. The van der Waals surface area contributed by atoms with Gasteiger partial charge in [-0.3, -0.25) is 0 Å². The van der Waals surface area contributed by atoms with Gasteiger partial charge in [0.25, 0.3) is 0 Å². The average molecular weight is 364 g/mol. The molecule has 2 aromatic rings. The van der Waals surface area contributed by atoms with Gasteiger partial charge in [0.2, 0.25) is 0 Å². The number of carboxylic acid groups (broad SMARTS) is 1. The second-order valence-electron chi connectivity index (χ2n) is 5.70. The molecule has 0 spiro atoms. The molecule has 6 heteroatoms. The van der Waals surface area contributed by atoms with Gasteiger partial charge in [0.15, 0.2) is 11.6 Å². The minimum Gasteiger partial charge on any atom is -0.477 e. The van der Waals surface area contributed by atoms with E-state index < -0.39 is 17.6 Å². The summed E-state index contributed by atoms with van der Waals surface area (Å²) in [5, 5.41) is 9.17. The maximum absolute atomic E-state index is 13.7. The fourth-order valence-electron chi connectivity index (χ4n) is 2.17. The second kappa shape index (κ2) is 8.16. The minimum absolute atomic E-state index is 0.178. The van der Waals surface area contributed by atoms with Crippen molar-refractivity contribution in [3.05, 3.63) is 69.6 Å². The molecule has 2 rings (SSSR count). The smallest absolute Gasteiger partial charge is 0.342 e. The Labute approximate surface area is 149 Å². The van der Waals surface area contributed by atoms with Crippen LogP contribution >= 0.6 is 11.8 Å². The highest BCUT2D eigenvalue weighted by atomic mass is 32.2. The van der Waals surface area contributed by atoms with Crippen molar-refractivity contribution in [2.45, 2.75) is 26.5 Å². The van der Waals surface area contributed by atoms with Gasteiger partial charge in [0.1, 0.15) is 11.6 Å². The maximum Gasteiger partial charge on any atom is 0.342 e. The first-order valence-electron chi connectivity index (χ1n) is 7.54. The number of hydrogen-bond donors (Lipinski definition) is 1. The summed E-state index contributed by atoms with van der Waals surface area (Å²) in [6.45, 7) is 5.30. The molecule has 0 unspecified atom stereocenters. The molecule has 0 saturated heterocycles. The first kappa shape index (κ1) is 19.0. The number of benzene rings is 2.